The van der Waals surface area contributed by atoms with Gasteiger partial charge in [0, 0.05) is 6.42 Å². The van der Waals surface area contributed by atoms with Gasteiger partial charge in [-0.25, -0.2) is 0 Å². The first kappa shape index (κ1) is 23.8. The molecule has 0 fully saturated rings. The Bertz CT molecular complexity index is 886. The second kappa shape index (κ2) is 14.5. The van der Waals surface area contributed by atoms with Gasteiger partial charge in [-0.1, -0.05) is 73.3 Å². The molecule has 0 spiro atoms. The van der Waals surface area contributed by atoms with Crippen LogP contribution in [0.3, 0.4) is 0 Å². The number of hydrogen-bond acceptors (Lipinski definition) is 4. The number of carbonyl (C=O) groups excluding carboxylic acids is 1. The molecule has 5 nitrogen and oxygen atoms in total. The van der Waals surface area contributed by atoms with E-state index >= 15 is 0 Å². The summed E-state index contributed by atoms with van der Waals surface area (Å²) in [6.45, 7) is 7.14. The molecule has 0 N–H and O–H groups in total. The third kappa shape index (κ3) is 10.2. The molecule has 0 aliphatic carbocycles. The van der Waals surface area contributed by atoms with Crippen molar-refractivity contribution in [2.24, 2.45) is 4.99 Å². The van der Waals surface area contributed by atoms with Crippen molar-refractivity contribution in [1.29, 1.82) is 0 Å². The Morgan fingerprint density at radius 2 is 1.65 bits per heavy atom. The molecule has 1 amide bonds. The van der Waals surface area contributed by atoms with Crippen LogP contribution in [0.25, 0.3) is 0 Å². The summed E-state index contributed by atoms with van der Waals surface area (Å²) in [4.78, 5) is 16.1. The summed E-state index contributed by atoms with van der Waals surface area (Å²) < 4.78 is 16.7. The molecular formula is C26H29NO4. The Kier molecular flexibility index (Phi) is 11.2. The van der Waals surface area contributed by atoms with E-state index in [1.165, 1.54) is 6.08 Å². The Labute approximate surface area is 184 Å². The summed E-state index contributed by atoms with van der Waals surface area (Å²) in [6, 6.07) is 19.8. The largest absolute Gasteiger partial charge is 0.497 e. The van der Waals surface area contributed by atoms with Crippen molar-refractivity contribution in [1.82, 2.24) is 0 Å². The van der Waals surface area contributed by atoms with E-state index in [2.05, 4.69) is 11.6 Å². The first-order valence-electron chi connectivity index (χ1n) is 10.2. The van der Waals surface area contributed by atoms with Crippen LogP contribution in [0.5, 0.6) is 0 Å². The summed E-state index contributed by atoms with van der Waals surface area (Å²) in [5.41, 5.74) is 2.98. The maximum atomic E-state index is 12.1. The van der Waals surface area contributed by atoms with Crippen LogP contribution in [-0.2, 0) is 32.2 Å². The third-order valence-electron chi connectivity index (χ3n) is 4.09. The lowest BCUT2D eigenvalue weighted by atomic mass is 10.2. The van der Waals surface area contributed by atoms with Gasteiger partial charge in [0.15, 0.2) is 0 Å². The van der Waals surface area contributed by atoms with Crippen molar-refractivity contribution in [3.63, 3.8) is 0 Å². The second-order valence-corrected chi connectivity index (χ2v) is 6.54. The number of ether oxygens (including phenoxy) is 3. The lowest BCUT2D eigenvalue weighted by molar-refractivity contribution is -0.117. The minimum Gasteiger partial charge on any atom is -0.497 e. The quantitative estimate of drug-likeness (QED) is 0.200. The highest BCUT2D eigenvalue weighted by molar-refractivity contribution is 5.97. The number of amides is 1. The van der Waals surface area contributed by atoms with Crippen molar-refractivity contribution in [2.75, 3.05) is 13.2 Å². The Morgan fingerprint density at radius 1 is 1.00 bits per heavy atom. The number of hydrogen-bond donors (Lipinski definition) is 0. The summed E-state index contributed by atoms with van der Waals surface area (Å²) >= 11 is 0. The van der Waals surface area contributed by atoms with Gasteiger partial charge in [0.25, 0.3) is 5.91 Å². The molecule has 0 saturated heterocycles. The molecule has 0 atom stereocenters. The van der Waals surface area contributed by atoms with E-state index in [4.69, 9.17) is 14.2 Å². The fourth-order valence-corrected chi connectivity index (χ4v) is 2.56. The van der Waals surface area contributed by atoms with Crippen molar-refractivity contribution in [2.45, 2.75) is 26.6 Å². The Balaban J connectivity index is 1.95. The van der Waals surface area contributed by atoms with Gasteiger partial charge in [-0.15, -0.1) is 0 Å². The van der Waals surface area contributed by atoms with Gasteiger partial charge >= 0.3 is 0 Å². The van der Waals surface area contributed by atoms with Gasteiger partial charge in [0.2, 0.25) is 5.90 Å². The normalized spacial score (nSPS) is 12.0. The van der Waals surface area contributed by atoms with E-state index in [0.717, 1.165) is 16.7 Å². The molecule has 0 aliphatic rings. The molecule has 0 bridgehead atoms. The molecule has 5 heteroatoms. The van der Waals surface area contributed by atoms with Crippen LogP contribution in [0.4, 0.5) is 0 Å². The van der Waals surface area contributed by atoms with Crippen LogP contribution >= 0.6 is 0 Å². The molecule has 0 aromatic heterocycles. The molecule has 0 unspecified atom stereocenters. The van der Waals surface area contributed by atoms with Gasteiger partial charge in [-0.2, -0.15) is 4.99 Å². The zero-order valence-electron chi connectivity index (χ0n) is 17.9. The SMILES string of the molecule is C=CC(=NC(=O)C/C=C(/C=C/OCc1ccccc1)COCc1ccccc1)OCC. The van der Waals surface area contributed by atoms with Gasteiger partial charge in [-0.05, 0) is 35.8 Å². The molecule has 0 aliphatic heterocycles. The monoisotopic (exact) mass is 419 g/mol. The number of aliphatic imine (C=N–C) groups is 1. The van der Waals surface area contributed by atoms with Gasteiger partial charge in [0.1, 0.15) is 6.61 Å². The van der Waals surface area contributed by atoms with E-state index in [1.54, 1.807) is 12.3 Å². The minimum absolute atomic E-state index is 0.122. The van der Waals surface area contributed by atoms with Crippen LogP contribution < -0.4 is 0 Å². The summed E-state index contributed by atoms with van der Waals surface area (Å²) in [7, 11) is 0. The predicted octanol–water partition coefficient (Wildman–Crippen LogP) is 5.40. The predicted molar refractivity (Wildman–Crippen MR) is 123 cm³/mol. The number of nitrogens with zero attached hydrogens (tertiary/aromatic N) is 1. The zero-order chi connectivity index (χ0) is 22.2. The van der Waals surface area contributed by atoms with Gasteiger partial charge in [-0.3, -0.25) is 4.79 Å². The number of benzene rings is 2. The highest BCUT2D eigenvalue weighted by Gasteiger charge is 2.03. The van der Waals surface area contributed by atoms with Crippen molar-refractivity contribution < 1.29 is 19.0 Å². The molecule has 31 heavy (non-hydrogen) atoms. The van der Waals surface area contributed by atoms with E-state index in [-0.39, 0.29) is 18.2 Å². The smallest absolute Gasteiger partial charge is 0.252 e. The standard InChI is InChI=1S/C26H29NO4/c1-3-26(31-4-2)27-25(28)16-15-24(21-30-20-23-13-9-6-10-14-23)17-18-29-19-22-11-7-5-8-12-22/h3,5-15,17-18H,1,4,16,19-21H2,2H3/b18-17+,24-15-,27-26?. The Hall–Kier alpha value is -3.44. The van der Waals surface area contributed by atoms with Crippen LogP contribution in [0, 0.1) is 0 Å². The van der Waals surface area contributed by atoms with Crippen LogP contribution in [0.1, 0.15) is 24.5 Å². The minimum atomic E-state index is -0.317. The molecule has 2 aromatic carbocycles. The maximum absolute atomic E-state index is 12.1. The summed E-state index contributed by atoms with van der Waals surface area (Å²) in [5, 5.41) is 0. The fourth-order valence-electron chi connectivity index (χ4n) is 2.56. The van der Waals surface area contributed by atoms with Crippen molar-refractivity contribution in [3.05, 3.63) is 108 Å². The van der Waals surface area contributed by atoms with E-state index < -0.39 is 0 Å². The van der Waals surface area contributed by atoms with Crippen molar-refractivity contribution in [3.8, 4) is 0 Å². The summed E-state index contributed by atoms with van der Waals surface area (Å²) in [6.07, 6.45) is 6.76. The van der Waals surface area contributed by atoms with E-state index in [1.807, 2.05) is 73.7 Å². The topological polar surface area (TPSA) is 57.1 Å². The molecule has 162 valence electrons. The molecule has 2 aromatic rings. The average Bonchev–Trinajstić information content (AvgIpc) is 2.80. The maximum Gasteiger partial charge on any atom is 0.252 e. The van der Waals surface area contributed by atoms with E-state index in [0.29, 0.717) is 26.4 Å². The third-order valence-corrected chi connectivity index (χ3v) is 4.09. The van der Waals surface area contributed by atoms with Crippen LogP contribution in [0.2, 0.25) is 0 Å². The Morgan fingerprint density at radius 3 is 2.26 bits per heavy atom. The molecular weight excluding hydrogens is 390 g/mol. The lowest BCUT2D eigenvalue weighted by Crippen LogP contribution is -2.05. The molecule has 0 saturated carbocycles. The highest BCUT2D eigenvalue weighted by atomic mass is 16.5. The van der Waals surface area contributed by atoms with Crippen LogP contribution in [-0.4, -0.2) is 25.0 Å². The first-order chi connectivity index (χ1) is 15.2. The highest BCUT2D eigenvalue weighted by Crippen LogP contribution is 2.07. The summed E-state index contributed by atoms with van der Waals surface area (Å²) in [5.74, 6) is -0.0907. The molecule has 0 radical (unpaired) electrons. The lowest BCUT2D eigenvalue weighted by Gasteiger charge is -2.06. The fraction of sp³-hybridized carbons (Fsp3) is 0.231. The molecule has 0 heterocycles. The average molecular weight is 420 g/mol. The zero-order valence-corrected chi connectivity index (χ0v) is 17.9. The van der Waals surface area contributed by atoms with E-state index in [9.17, 15) is 4.79 Å². The van der Waals surface area contributed by atoms with Crippen LogP contribution in [0.15, 0.2) is 102 Å². The number of rotatable bonds is 12. The molecule has 2 rings (SSSR count). The van der Waals surface area contributed by atoms with Crippen molar-refractivity contribution >= 4 is 11.8 Å². The van der Waals surface area contributed by atoms with Gasteiger partial charge in [0.05, 0.1) is 26.1 Å². The first-order valence-corrected chi connectivity index (χ1v) is 10.2. The van der Waals surface area contributed by atoms with Gasteiger partial charge < -0.3 is 14.2 Å². The second-order valence-electron chi connectivity index (χ2n) is 6.54. The number of carbonyl (C=O) groups is 1.